The number of hydrogen-bond donors (Lipinski definition) is 1. The Morgan fingerprint density at radius 3 is 2.40 bits per heavy atom. The molecule has 1 N–H and O–H groups in total. The first kappa shape index (κ1) is 18.8. The van der Waals surface area contributed by atoms with Gasteiger partial charge in [0, 0.05) is 18.0 Å². The van der Waals surface area contributed by atoms with Crippen LogP contribution in [0.15, 0.2) is 42.5 Å². The number of ether oxygens (including phenoxy) is 1. The lowest BCUT2D eigenvalue weighted by atomic mass is 9.84. The van der Waals surface area contributed by atoms with E-state index < -0.39 is 29.1 Å². The second kappa shape index (κ2) is 7.59. The first-order valence-corrected chi connectivity index (χ1v) is 7.85. The van der Waals surface area contributed by atoms with Gasteiger partial charge in [-0.25, -0.2) is 13.2 Å². The van der Waals surface area contributed by atoms with Gasteiger partial charge in [-0.3, -0.25) is 4.79 Å². The molecular formula is C19H20F3NO2. The van der Waals surface area contributed by atoms with Crippen molar-refractivity contribution in [2.24, 2.45) is 0 Å². The fraction of sp³-hybridized carbons (Fsp3) is 0.316. The fourth-order valence-corrected chi connectivity index (χ4v) is 2.36. The third kappa shape index (κ3) is 4.75. The summed E-state index contributed by atoms with van der Waals surface area (Å²) >= 11 is 0. The van der Waals surface area contributed by atoms with Crippen LogP contribution in [-0.4, -0.2) is 18.6 Å². The SMILES string of the molecule is CC(Oc1ccc(F)c(F)c1)C(=O)NCC(C)(C)c1ccccc1F. The number of hydrogen-bond acceptors (Lipinski definition) is 2. The van der Waals surface area contributed by atoms with Gasteiger partial charge < -0.3 is 10.1 Å². The van der Waals surface area contributed by atoms with E-state index in [4.69, 9.17) is 4.74 Å². The van der Waals surface area contributed by atoms with Crippen molar-refractivity contribution >= 4 is 5.91 Å². The third-order valence-electron chi connectivity index (χ3n) is 3.88. The molecule has 6 heteroatoms. The molecule has 0 saturated carbocycles. The smallest absolute Gasteiger partial charge is 0.260 e. The van der Waals surface area contributed by atoms with Gasteiger partial charge in [0.15, 0.2) is 17.7 Å². The predicted molar refractivity (Wildman–Crippen MR) is 88.9 cm³/mol. The molecule has 0 aliphatic carbocycles. The van der Waals surface area contributed by atoms with Gasteiger partial charge in [0.2, 0.25) is 0 Å². The maximum absolute atomic E-state index is 13.9. The van der Waals surface area contributed by atoms with E-state index in [1.165, 1.54) is 19.1 Å². The van der Waals surface area contributed by atoms with Crippen LogP contribution in [0.25, 0.3) is 0 Å². The van der Waals surface area contributed by atoms with E-state index in [0.717, 1.165) is 12.1 Å². The Hall–Kier alpha value is -2.50. The van der Waals surface area contributed by atoms with Crippen LogP contribution in [0.4, 0.5) is 13.2 Å². The Morgan fingerprint density at radius 2 is 1.76 bits per heavy atom. The maximum Gasteiger partial charge on any atom is 0.260 e. The molecule has 25 heavy (non-hydrogen) atoms. The Labute approximate surface area is 144 Å². The number of rotatable bonds is 6. The van der Waals surface area contributed by atoms with Crippen LogP contribution >= 0.6 is 0 Å². The highest BCUT2D eigenvalue weighted by atomic mass is 19.2. The second-order valence-electron chi connectivity index (χ2n) is 6.42. The topological polar surface area (TPSA) is 38.3 Å². The van der Waals surface area contributed by atoms with E-state index in [9.17, 15) is 18.0 Å². The largest absolute Gasteiger partial charge is 0.481 e. The maximum atomic E-state index is 13.9. The van der Waals surface area contributed by atoms with Gasteiger partial charge >= 0.3 is 0 Å². The van der Waals surface area contributed by atoms with Crippen molar-refractivity contribution in [2.75, 3.05) is 6.54 Å². The van der Waals surface area contributed by atoms with Gasteiger partial charge in [0.05, 0.1) is 0 Å². The van der Waals surface area contributed by atoms with Crippen molar-refractivity contribution in [3.05, 3.63) is 65.5 Å². The van der Waals surface area contributed by atoms with Crippen molar-refractivity contribution < 1.29 is 22.7 Å². The molecule has 1 atom stereocenters. The Bertz CT molecular complexity index is 762. The lowest BCUT2D eigenvalue weighted by Gasteiger charge is -2.27. The molecule has 0 aliphatic rings. The summed E-state index contributed by atoms with van der Waals surface area (Å²) in [5, 5.41) is 2.70. The van der Waals surface area contributed by atoms with E-state index in [1.54, 1.807) is 18.2 Å². The Balaban J connectivity index is 1.97. The molecule has 3 nitrogen and oxygen atoms in total. The molecule has 0 radical (unpaired) electrons. The molecule has 0 aromatic heterocycles. The first-order chi connectivity index (χ1) is 11.7. The van der Waals surface area contributed by atoms with Crippen LogP contribution < -0.4 is 10.1 Å². The summed E-state index contributed by atoms with van der Waals surface area (Å²) in [6.07, 6.45) is -0.915. The van der Waals surface area contributed by atoms with Crippen LogP contribution in [-0.2, 0) is 10.2 Å². The van der Waals surface area contributed by atoms with Gasteiger partial charge in [0.25, 0.3) is 5.91 Å². The van der Waals surface area contributed by atoms with E-state index in [0.29, 0.717) is 5.56 Å². The molecule has 0 saturated heterocycles. The molecule has 1 unspecified atom stereocenters. The number of amides is 1. The number of nitrogens with one attached hydrogen (secondary N) is 1. The molecule has 0 aliphatic heterocycles. The lowest BCUT2D eigenvalue weighted by Crippen LogP contribution is -2.43. The predicted octanol–water partition coefficient (Wildman–Crippen LogP) is 3.97. The number of carbonyl (C=O) groups excluding carboxylic acids is 1. The summed E-state index contributed by atoms with van der Waals surface area (Å²) < 4.78 is 45.3. The van der Waals surface area contributed by atoms with Crippen LogP contribution in [0.5, 0.6) is 5.75 Å². The van der Waals surface area contributed by atoms with Crippen molar-refractivity contribution in [3.63, 3.8) is 0 Å². The van der Waals surface area contributed by atoms with Gasteiger partial charge in [0.1, 0.15) is 11.6 Å². The van der Waals surface area contributed by atoms with Crippen molar-refractivity contribution in [1.82, 2.24) is 5.32 Å². The number of carbonyl (C=O) groups is 1. The zero-order chi connectivity index (χ0) is 18.6. The minimum Gasteiger partial charge on any atom is -0.481 e. The van der Waals surface area contributed by atoms with Crippen molar-refractivity contribution in [3.8, 4) is 5.75 Å². The van der Waals surface area contributed by atoms with Crippen LogP contribution in [0, 0.1) is 17.5 Å². The summed E-state index contributed by atoms with van der Waals surface area (Å²) in [4.78, 5) is 12.2. The highest BCUT2D eigenvalue weighted by Crippen LogP contribution is 2.25. The van der Waals surface area contributed by atoms with Gasteiger partial charge in [-0.2, -0.15) is 0 Å². The summed E-state index contributed by atoms with van der Waals surface area (Å²) in [5.41, 5.74) is -0.132. The quantitative estimate of drug-likeness (QED) is 0.855. The average molecular weight is 351 g/mol. The summed E-state index contributed by atoms with van der Waals surface area (Å²) in [5.74, 6) is -2.77. The summed E-state index contributed by atoms with van der Waals surface area (Å²) in [6.45, 7) is 5.31. The molecular weight excluding hydrogens is 331 g/mol. The second-order valence-corrected chi connectivity index (χ2v) is 6.42. The zero-order valence-electron chi connectivity index (χ0n) is 14.3. The van der Waals surface area contributed by atoms with E-state index in [2.05, 4.69) is 5.32 Å². The summed E-state index contributed by atoms with van der Waals surface area (Å²) in [6, 6.07) is 9.42. The van der Waals surface area contributed by atoms with Gasteiger partial charge in [-0.15, -0.1) is 0 Å². The first-order valence-electron chi connectivity index (χ1n) is 7.85. The molecule has 0 bridgehead atoms. The molecule has 2 rings (SSSR count). The van der Waals surface area contributed by atoms with Gasteiger partial charge in [-0.1, -0.05) is 32.0 Å². The Kier molecular flexibility index (Phi) is 5.72. The standard InChI is InChI=1S/C19H20F3NO2/c1-12(25-13-8-9-16(21)17(22)10-13)18(24)23-11-19(2,3)14-6-4-5-7-15(14)20/h4-10,12H,11H2,1-3H3,(H,23,24). The third-order valence-corrected chi connectivity index (χ3v) is 3.88. The normalized spacial score (nSPS) is 12.6. The van der Waals surface area contributed by atoms with Crippen LogP contribution in [0.1, 0.15) is 26.3 Å². The minimum atomic E-state index is -1.05. The van der Waals surface area contributed by atoms with Gasteiger partial charge in [-0.05, 0) is 30.7 Å². The lowest BCUT2D eigenvalue weighted by molar-refractivity contribution is -0.127. The average Bonchev–Trinajstić information content (AvgIpc) is 2.56. The van der Waals surface area contributed by atoms with Crippen molar-refractivity contribution in [1.29, 1.82) is 0 Å². The monoisotopic (exact) mass is 351 g/mol. The molecule has 0 heterocycles. The van der Waals surface area contributed by atoms with Crippen LogP contribution in [0.3, 0.4) is 0 Å². The van der Waals surface area contributed by atoms with Crippen LogP contribution in [0.2, 0.25) is 0 Å². The number of halogens is 3. The molecule has 1 amide bonds. The zero-order valence-corrected chi connectivity index (χ0v) is 14.3. The molecule has 2 aromatic rings. The minimum absolute atomic E-state index is 0.0508. The highest BCUT2D eigenvalue weighted by Gasteiger charge is 2.26. The molecule has 0 fully saturated rings. The molecule has 2 aromatic carbocycles. The Morgan fingerprint density at radius 1 is 1.08 bits per heavy atom. The molecule has 0 spiro atoms. The van der Waals surface area contributed by atoms with E-state index in [1.807, 2.05) is 13.8 Å². The highest BCUT2D eigenvalue weighted by molar-refractivity contribution is 5.80. The molecule has 134 valence electrons. The number of benzene rings is 2. The van der Waals surface area contributed by atoms with E-state index >= 15 is 0 Å². The fourth-order valence-electron chi connectivity index (χ4n) is 2.36. The van der Waals surface area contributed by atoms with E-state index in [-0.39, 0.29) is 18.1 Å². The van der Waals surface area contributed by atoms with Crippen molar-refractivity contribution in [2.45, 2.75) is 32.3 Å². The summed E-state index contributed by atoms with van der Waals surface area (Å²) in [7, 11) is 0.